The minimum absolute atomic E-state index is 0.0516. The summed E-state index contributed by atoms with van der Waals surface area (Å²) in [5, 5.41) is 8.81. The summed E-state index contributed by atoms with van der Waals surface area (Å²) in [6.45, 7) is 2.06. The lowest BCUT2D eigenvalue weighted by Gasteiger charge is -2.22. The number of amides is 1. The SMILES string of the molecule is CC(c1cc2ccccc2o1)N(C)CC(=O)Nc1cccc(S(N)(=O)=O)c1. The number of anilines is 1. The van der Waals surface area contributed by atoms with E-state index in [1.54, 1.807) is 6.07 Å². The molecule has 3 rings (SSSR count). The Morgan fingerprint density at radius 1 is 1.19 bits per heavy atom. The highest BCUT2D eigenvalue weighted by atomic mass is 32.2. The molecule has 0 saturated heterocycles. The van der Waals surface area contributed by atoms with Gasteiger partial charge in [-0.2, -0.15) is 0 Å². The summed E-state index contributed by atoms with van der Waals surface area (Å²) in [5.74, 6) is 0.495. The molecule has 0 radical (unpaired) electrons. The van der Waals surface area contributed by atoms with Crippen LogP contribution in [0.2, 0.25) is 0 Å². The lowest BCUT2D eigenvalue weighted by molar-refractivity contribution is -0.117. The van der Waals surface area contributed by atoms with Crippen LogP contribution in [0.4, 0.5) is 5.69 Å². The maximum absolute atomic E-state index is 12.3. The van der Waals surface area contributed by atoms with Gasteiger partial charge in [0, 0.05) is 11.1 Å². The molecule has 3 N–H and O–H groups in total. The number of nitrogens with zero attached hydrogens (tertiary/aromatic N) is 1. The van der Waals surface area contributed by atoms with Crippen molar-refractivity contribution in [3.05, 3.63) is 60.4 Å². The fourth-order valence-electron chi connectivity index (χ4n) is 2.74. The molecule has 0 aliphatic carbocycles. The molecule has 1 aromatic heterocycles. The number of nitrogens with two attached hydrogens (primary N) is 1. The van der Waals surface area contributed by atoms with Crippen LogP contribution in [0.15, 0.2) is 63.9 Å². The summed E-state index contributed by atoms with van der Waals surface area (Å²) in [6, 6.07) is 15.4. The molecule has 0 aliphatic rings. The Hall–Kier alpha value is -2.68. The fourth-order valence-corrected chi connectivity index (χ4v) is 3.30. The Kier molecular flexibility index (Phi) is 5.31. The average molecular weight is 387 g/mol. The number of fused-ring (bicyclic) bond motifs is 1. The predicted molar refractivity (Wildman–Crippen MR) is 104 cm³/mol. The second-order valence-electron chi connectivity index (χ2n) is 6.40. The first-order valence-corrected chi connectivity index (χ1v) is 9.90. The first kappa shape index (κ1) is 19.1. The second kappa shape index (κ2) is 7.51. The molecule has 0 bridgehead atoms. The molecular weight excluding hydrogens is 366 g/mol. The topological polar surface area (TPSA) is 106 Å². The maximum Gasteiger partial charge on any atom is 0.238 e. The van der Waals surface area contributed by atoms with Gasteiger partial charge in [0.15, 0.2) is 0 Å². The van der Waals surface area contributed by atoms with Gasteiger partial charge in [-0.1, -0.05) is 24.3 Å². The summed E-state index contributed by atoms with van der Waals surface area (Å²) in [5.41, 5.74) is 1.17. The number of benzene rings is 2. The van der Waals surface area contributed by atoms with Crippen LogP contribution in [0.5, 0.6) is 0 Å². The first-order chi connectivity index (χ1) is 12.7. The zero-order valence-corrected chi connectivity index (χ0v) is 15.9. The molecular formula is C19H21N3O4S. The molecule has 0 saturated carbocycles. The van der Waals surface area contributed by atoms with E-state index in [2.05, 4.69) is 5.32 Å². The number of carbonyl (C=O) groups is 1. The summed E-state index contributed by atoms with van der Waals surface area (Å²) in [6.07, 6.45) is 0. The number of primary sulfonamides is 1. The van der Waals surface area contributed by atoms with Gasteiger partial charge >= 0.3 is 0 Å². The van der Waals surface area contributed by atoms with Crippen molar-refractivity contribution in [2.45, 2.75) is 17.9 Å². The van der Waals surface area contributed by atoms with Crippen molar-refractivity contribution in [1.29, 1.82) is 0 Å². The Balaban J connectivity index is 1.66. The minimum atomic E-state index is -3.82. The van der Waals surface area contributed by atoms with E-state index in [9.17, 15) is 13.2 Å². The van der Waals surface area contributed by atoms with Gasteiger partial charge in [-0.15, -0.1) is 0 Å². The lowest BCUT2D eigenvalue weighted by Crippen LogP contribution is -2.32. The lowest BCUT2D eigenvalue weighted by atomic mass is 10.2. The van der Waals surface area contributed by atoms with E-state index < -0.39 is 10.0 Å². The van der Waals surface area contributed by atoms with Crippen LogP contribution in [0.1, 0.15) is 18.7 Å². The van der Waals surface area contributed by atoms with Crippen molar-refractivity contribution in [2.24, 2.45) is 5.14 Å². The van der Waals surface area contributed by atoms with Crippen molar-refractivity contribution in [3.8, 4) is 0 Å². The molecule has 7 nitrogen and oxygen atoms in total. The third-order valence-electron chi connectivity index (χ3n) is 4.36. The average Bonchev–Trinajstić information content (AvgIpc) is 3.04. The van der Waals surface area contributed by atoms with E-state index >= 15 is 0 Å². The van der Waals surface area contributed by atoms with Crippen LogP contribution in [-0.2, 0) is 14.8 Å². The number of sulfonamides is 1. The molecule has 1 heterocycles. The Morgan fingerprint density at radius 2 is 1.93 bits per heavy atom. The Morgan fingerprint density at radius 3 is 2.63 bits per heavy atom. The zero-order chi connectivity index (χ0) is 19.6. The molecule has 27 heavy (non-hydrogen) atoms. The monoisotopic (exact) mass is 387 g/mol. The highest BCUT2D eigenvalue weighted by molar-refractivity contribution is 7.89. The molecule has 1 atom stereocenters. The fraction of sp³-hybridized carbons (Fsp3) is 0.211. The maximum atomic E-state index is 12.3. The van der Waals surface area contributed by atoms with Crippen LogP contribution in [0, 0.1) is 0 Å². The molecule has 142 valence electrons. The number of para-hydroxylation sites is 1. The predicted octanol–water partition coefficient (Wildman–Crippen LogP) is 2.71. The number of hydrogen-bond donors (Lipinski definition) is 2. The van der Waals surface area contributed by atoms with Crippen molar-refractivity contribution in [1.82, 2.24) is 4.90 Å². The van der Waals surface area contributed by atoms with Gasteiger partial charge in [0.25, 0.3) is 0 Å². The standard InChI is InChI=1S/C19H21N3O4S/c1-13(18-10-14-6-3-4-9-17(14)26-18)22(2)12-19(23)21-15-7-5-8-16(11-15)27(20,24)25/h3-11,13H,12H2,1-2H3,(H,21,23)(H2,20,24,25). The third kappa shape index (κ3) is 4.54. The van der Waals surface area contributed by atoms with Crippen molar-refractivity contribution >= 4 is 32.6 Å². The largest absolute Gasteiger partial charge is 0.459 e. The number of carbonyl (C=O) groups excluding carboxylic acids is 1. The van der Waals surface area contributed by atoms with E-state index in [0.29, 0.717) is 5.69 Å². The van der Waals surface area contributed by atoms with Crippen LogP contribution in [-0.4, -0.2) is 32.8 Å². The minimum Gasteiger partial charge on any atom is -0.459 e. The molecule has 3 aromatic rings. The smallest absolute Gasteiger partial charge is 0.238 e. The summed E-state index contributed by atoms with van der Waals surface area (Å²) >= 11 is 0. The quantitative estimate of drug-likeness (QED) is 0.676. The number of furan rings is 1. The van der Waals surface area contributed by atoms with Gasteiger partial charge in [-0.05, 0) is 44.3 Å². The summed E-state index contributed by atoms with van der Waals surface area (Å²) in [4.78, 5) is 14.1. The summed E-state index contributed by atoms with van der Waals surface area (Å²) in [7, 11) is -2.00. The van der Waals surface area contributed by atoms with E-state index in [1.807, 2.05) is 49.2 Å². The van der Waals surface area contributed by atoms with E-state index in [-0.39, 0.29) is 23.4 Å². The molecule has 0 aliphatic heterocycles. The van der Waals surface area contributed by atoms with Gasteiger partial charge in [0.1, 0.15) is 11.3 Å². The van der Waals surface area contributed by atoms with Crippen LogP contribution < -0.4 is 10.5 Å². The Labute approximate surface area is 157 Å². The first-order valence-electron chi connectivity index (χ1n) is 8.35. The van der Waals surface area contributed by atoms with E-state index in [0.717, 1.165) is 16.7 Å². The van der Waals surface area contributed by atoms with Gasteiger partial charge in [-0.3, -0.25) is 9.69 Å². The third-order valence-corrected chi connectivity index (χ3v) is 5.27. The van der Waals surface area contributed by atoms with Crippen LogP contribution in [0.3, 0.4) is 0 Å². The van der Waals surface area contributed by atoms with Crippen molar-refractivity contribution in [3.63, 3.8) is 0 Å². The highest BCUT2D eigenvalue weighted by Crippen LogP contribution is 2.26. The summed E-state index contributed by atoms with van der Waals surface area (Å²) < 4.78 is 28.7. The zero-order valence-electron chi connectivity index (χ0n) is 15.0. The molecule has 1 amide bonds. The molecule has 2 aromatic carbocycles. The Bertz CT molecular complexity index is 1040. The van der Waals surface area contributed by atoms with Crippen molar-refractivity contribution in [2.75, 3.05) is 18.9 Å². The van der Waals surface area contributed by atoms with E-state index in [1.165, 1.54) is 18.2 Å². The van der Waals surface area contributed by atoms with Crippen LogP contribution in [0.25, 0.3) is 11.0 Å². The molecule has 0 spiro atoms. The van der Waals surface area contributed by atoms with Gasteiger partial charge in [-0.25, -0.2) is 13.6 Å². The number of rotatable bonds is 6. The molecule has 1 unspecified atom stereocenters. The van der Waals surface area contributed by atoms with Gasteiger partial charge in [0.2, 0.25) is 15.9 Å². The van der Waals surface area contributed by atoms with E-state index in [4.69, 9.17) is 9.56 Å². The second-order valence-corrected chi connectivity index (χ2v) is 7.96. The number of nitrogens with one attached hydrogen (secondary N) is 1. The normalized spacial score (nSPS) is 13.0. The van der Waals surface area contributed by atoms with Gasteiger partial charge in [0.05, 0.1) is 17.5 Å². The van der Waals surface area contributed by atoms with Gasteiger partial charge < -0.3 is 9.73 Å². The highest BCUT2D eigenvalue weighted by Gasteiger charge is 2.19. The number of hydrogen-bond acceptors (Lipinski definition) is 5. The molecule has 8 heteroatoms. The van der Waals surface area contributed by atoms with Crippen LogP contribution >= 0.6 is 0 Å². The molecule has 0 fully saturated rings. The number of likely N-dealkylation sites (N-methyl/N-ethyl adjacent to an activating group) is 1. The van der Waals surface area contributed by atoms with Crippen molar-refractivity contribution < 1.29 is 17.6 Å².